The molecule has 4 heteroatoms. The number of rotatable bonds is 2. The second-order valence-corrected chi connectivity index (χ2v) is 0.963. The fourth-order valence-corrected chi connectivity index (χ4v) is 0.150. The maximum atomic E-state index is 9.90. The molecule has 0 aliphatic carbocycles. The largest absolute Gasteiger partial charge is 0.396 e. The first-order valence-electron chi connectivity index (χ1n) is 1.81. The summed E-state index contributed by atoms with van der Waals surface area (Å²) >= 11 is 0. The summed E-state index contributed by atoms with van der Waals surface area (Å²) in [5, 5.41) is 8.01. The topological polar surface area (TPSA) is 72.5 Å². The lowest BCUT2D eigenvalue weighted by Gasteiger charge is -1.89. The van der Waals surface area contributed by atoms with E-state index in [9.17, 15) is 4.79 Å². The fraction of sp³-hybridized carbons (Fsp3) is 0.750. The molecule has 0 aliphatic rings. The van der Waals surface area contributed by atoms with E-state index < -0.39 is 5.97 Å². The van der Waals surface area contributed by atoms with Gasteiger partial charge in [0.25, 0.3) is 0 Å². The summed E-state index contributed by atoms with van der Waals surface area (Å²) in [6, 6.07) is 0. The number of aliphatic hydroxyl groups excluding tert-OH is 1. The van der Waals surface area contributed by atoms with Crippen LogP contribution in [0.15, 0.2) is 0 Å². The van der Waals surface area contributed by atoms with Gasteiger partial charge in [0.2, 0.25) is 0 Å². The first kappa shape index (κ1) is 10.4. The van der Waals surface area contributed by atoms with E-state index in [4.69, 9.17) is 5.11 Å². The first-order chi connectivity index (χ1) is 3.31. The summed E-state index contributed by atoms with van der Waals surface area (Å²) in [4.78, 5) is 13.6. The molecule has 3 N–H and O–H groups in total. The molecule has 50 valence electrons. The number of carbonyl (C=O) groups is 1. The molecule has 0 bridgehead atoms. The van der Waals surface area contributed by atoms with Gasteiger partial charge in [-0.05, 0) is 0 Å². The van der Waals surface area contributed by atoms with Crippen molar-refractivity contribution in [2.75, 3.05) is 6.61 Å². The highest BCUT2D eigenvalue weighted by Crippen LogP contribution is 1.75. The third-order valence-corrected chi connectivity index (χ3v) is 0.447. The Morgan fingerprint density at radius 1 is 1.75 bits per heavy atom. The van der Waals surface area contributed by atoms with Gasteiger partial charge in [-0.3, -0.25) is 4.79 Å². The van der Waals surface area contributed by atoms with E-state index in [1.54, 1.807) is 0 Å². The lowest BCUT2D eigenvalue weighted by molar-refractivity contribution is -0.144. The average molecular weight is 121 g/mol. The van der Waals surface area contributed by atoms with Crippen molar-refractivity contribution in [2.24, 2.45) is 5.90 Å². The monoisotopic (exact) mass is 121 g/mol. The molecule has 0 fully saturated rings. The van der Waals surface area contributed by atoms with Gasteiger partial charge in [0, 0.05) is 0 Å². The highest BCUT2D eigenvalue weighted by molar-refractivity contribution is 5.68. The van der Waals surface area contributed by atoms with Gasteiger partial charge in [-0.2, -0.15) is 5.90 Å². The third kappa shape index (κ3) is 5.39. The molecule has 0 rings (SSSR count). The van der Waals surface area contributed by atoms with Gasteiger partial charge in [0.15, 0.2) is 0 Å². The Bertz CT molecular complexity index is 64.3. The molecule has 0 atom stereocenters. The van der Waals surface area contributed by atoms with Crippen LogP contribution < -0.4 is 5.90 Å². The van der Waals surface area contributed by atoms with E-state index in [0.717, 1.165) is 0 Å². The molecule has 0 saturated heterocycles. The number of carbonyl (C=O) groups excluding carboxylic acids is 1. The zero-order valence-corrected chi connectivity index (χ0v) is 3.76. The molecular weight excluding hydrogens is 110 g/mol. The number of nitrogens with two attached hydrogens (primary N) is 1. The Hall–Kier alpha value is -0.610. The quantitative estimate of drug-likeness (QED) is 0.479. The minimum Gasteiger partial charge on any atom is -0.396 e. The molecule has 0 aromatic heterocycles. The van der Waals surface area contributed by atoms with Crippen LogP contribution in [-0.2, 0) is 9.63 Å². The molecule has 0 radical (unpaired) electrons. The van der Waals surface area contributed by atoms with Crippen LogP contribution in [0, 0.1) is 0 Å². The summed E-state index contributed by atoms with van der Waals surface area (Å²) < 4.78 is 0. The van der Waals surface area contributed by atoms with Crippen LogP contribution in [-0.4, -0.2) is 17.7 Å². The van der Waals surface area contributed by atoms with Crippen LogP contribution >= 0.6 is 0 Å². The van der Waals surface area contributed by atoms with Crippen molar-refractivity contribution < 1.29 is 14.7 Å². The molecule has 0 spiro atoms. The summed E-state index contributed by atoms with van der Waals surface area (Å²) in [6.07, 6.45) is -0.0312. The zero-order chi connectivity index (χ0) is 5.70. The van der Waals surface area contributed by atoms with Crippen molar-refractivity contribution in [2.45, 2.75) is 13.8 Å². The summed E-state index contributed by atoms with van der Waals surface area (Å²) in [5.41, 5.74) is 0. The van der Waals surface area contributed by atoms with Gasteiger partial charge < -0.3 is 9.94 Å². The average Bonchev–Trinajstić information content (AvgIpc) is 1.68. The number of aliphatic hydroxyl groups is 1. The number of hydrogen-bond acceptors (Lipinski definition) is 4. The maximum absolute atomic E-state index is 9.90. The summed E-state index contributed by atoms with van der Waals surface area (Å²) in [6.45, 7) is -0.212. The minimum absolute atomic E-state index is 0. The Morgan fingerprint density at radius 3 is 2.38 bits per heavy atom. The van der Waals surface area contributed by atoms with Crippen LogP contribution in [0.1, 0.15) is 13.8 Å². The SMILES string of the molecule is C.NOC(=O)CCO. The van der Waals surface area contributed by atoms with Crippen molar-refractivity contribution >= 4 is 5.97 Å². The Kier molecular flexibility index (Phi) is 8.30. The van der Waals surface area contributed by atoms with Crippen molar-refractivity contribution in [1.29, 1.82) is 0 Å². The smallest absolute Gasteiger partial charge is 0.326 e. The van der Waals surface area contributed by atoms with Gasteiger partial charge in [-0.1, -0.05) is 7.43 Å². The van der Waals surface area contributed by atoms with E-state index in [1.165, 1.54) is 0 Å². The van der Waals surface area contributed by atoms with Crippen LogP contribution in [0.25, 0.3) is 0 Å². The first-order valence-corrected chi connectivity index (χ1v) is 1.81. The van der Waals surface area contributed by atoms with Gasteiger partial charge in [-0.25, -0.2) is 0 Å². The Morgan fingerprint density at radius 2 is 2.25 bits per heavy atom. The van der Waals surface area contributed by atoms with E-state index >= 15 is 0 Å². The van der Waals surface area contributed by atoms with Crippen LogP contribution in [0.3, 0.4) is 0 Å². The van der Waals surface area contributed by atoms with E-state index in [1.807, 2.05) is 0 Å². The number of hydrogen-bond donors (Lipinski definition) is 2. The molecule has 8 heavy (non-hydrogen) atoms. The Labute approximate surface area is 48.2 Å². The molecule has 4 nitrogen and oxygen atoms in total. The standard InChI is InChI=1S/C3H7NO3.CH4/c4-7-3(6)1-2-5;/h5H,1-2,4H2;1H4. The lowest BCUT2D eigenvalue weighted by Crippen LogP contribution is -2.10. The van der Waals surface area contributed by atoms with Crippen LogP contribution in [0.4, 0.5) is 0 Å². The van der Waals surface area contributed by atoms with E-state index in [2.05, 4.69) is 10.7 Å². The lowest BCUT2D eigenvalue weighted by atomic mass is 10.5. The highest BCUT2D eigenvalue weighted by Gasteiger charge is 1.94. The molecule has 0 unspecified atom stereocenters. The molecule has 0 aliphatic heterocycles. The van der Waals surface area contributed by atoms with Crippen molar-refractivity contribution in [1.82, 2.24) is 0 Å². The molecule has 0 saturated carbocycles. The van der Waals surface area contributed by atoms with E-state index in [0.29, 0.717) is 0 Å². The minimum atomic E-state index is -0.595. The maximum Gasteiger partial charge on any atom is 0.326 e. The molecule has 0 amide bonds. The molecular formula is C4H11NO3. The third-order valence-electron chi connectivity index (χ3n) is 0.447. The van der Waals surface area contributed by atoms with Gasteiger partial charge in [0.05, 0.1) is 13.0 Å². The second-order valence-electron chi connectivity index (χ2n) is 0.963. The van der Waals surface area contributed by atoms with E-state index in [-0.39, 0.29) is 20.5 Å². The van der Waals surface area contributed by atoms with Gasteiger partial charge in [-0.15, -0.1) is 0 Å². The molecule has 0 aromatic rings. The van der Waals surface area contributed by atoms with Crippen molar-refractivity contribution in [3.63, 3.8) is 0 Å². The predicted molar refractivity (Wildman–Crippen MR) is 28.7 cm³/mol. The van der Waals surface area contributed by atoms with Crippen LogP contribution in [0.5, 0.6) is 0 Å². The summed E-state index contributed by atoms with van der Waals surface area (Å²) in [7, 11) is 0. The fourth-order valence-electron chi connectivity index (χ4n) is 0.150. The normalized spacial score (nSPS) is 7.25. The second kappa shape index (κ2) is 6.39. The summed E-state index contributed by atoms with van der Waals surface area (Å²) in [5.74, 6) is 3.80. The Balaban J connectivity index is 0. The highest BCUT2D eigenvalue weighted by atomic mass is 16.7. The van der Waals surface area contributed by atoms with Gasteiger partial charge in [0.1, 0.15) is 0 Å². The van der Waals surface area contributed by atoms with Crippen molar-refractivity contribution in [3.8, 4) is 0 Å². The van der Waals surface area contributed by atoms with Crippen molar-refractivity contribution in [3.05, 3.63) is 0 Å². The predicted octanol–water partition coefficient (Wildman–Crippen LogP) is -0.578. The zero-order valence-electron chi connectivity index (χ0n) is 3.76. The van der Waals surface area contributed by atoms with Crippen LogP contribution in [0.2, 0.25) is 0 Å². The molecule has 0 aromatic carbocycles. The molecule has 0 heterocycles. The van der Waals surface area contributed by atoms with Gasteiger partial charge >= 0.3 is 5.97 Å².